The summed E-state index contributed by atoms with van der Waals surface area (Å²) in [4.78, 5) is 2.38. The third-order valence-corrected chi connectivity index (χ3v) is 3.93. The molecule has 3 atom stereocenters. The fraction of sp³-hybridized carbons (Fsp3) is 0.625. The first-order chi connectivity index (χ1) is 10.0. The Balaban J connectivity index is 0.000000497. The zero-order chi connectivity index (χ0) is 15.4. The highest BCUT2D eigenvalue weighted by atomic mass is 35.5. The third-order valence-electron chi connectivity index (χ3n) is 3.64. The summed E-state index contributed by atoms with van der Waals surface area (Å²) in [6.45, 7) is 6.17. The molecule has 21 heavy (non-hydrogen) atoms. The van der Waals surface area contributed by atoms with Gasteiger partial charge in [-0.1, -0.05) is 31.9 Å². The van der Waals surface area contributed by atoms with Crippen molar-refractivity contribution in [3.63, 3.8) is 0 Å². The molecule has 3 nitrogen and oxygen atoms in total. The molecular weight excluding hydrogens is 291 g/mol. The van der Waals surface area contributed by atoms with Crippen LogP contribution >= 0.6 is 11.6 Å². The van der Waals surface area contributed by atoms with E-state index < -0.39 is 5.82 Å². The molecule has 1 aromatic rings. The smallest absolute Gasteiger partial charge is 0.142 e. The molecule has 118 valence electrons. The van der Waals surface area contributed by atoms with Gasteiger partial charge in [-0.3, -0.25) is 4.90 Å². The van der Waals surface area contributed by atoms with Crippen molar-refractivity contribution in [2.24, 2.45) is 5.73 Å². The third kappa shape index (κ3) is 4.56. The van der Waals surface area contributed by atoms with Crippen LogP contribution in [0, 0.1) is 5.82 Å². The molecule has 0 spiro atoms. The minimum Gasteiger partial charge on any atom is -0.489 e. The number of hydrogen-bond acceptors (Lipinski definition) is 3. The Hall–Kier alpha value is -0.840. The molecule has 2 fully saturated rings. The van der Waals surface area contributed by atoms with E-state index in [1.165, 1.54) is 18.6 Å². The lowest BCUT2D eigenvalue weighted by Gasteiger charge is -2.16. The summed E-state index contributed by atoms with van der Waals surface area (Å²) >= 11 is 5.73. The van der Waals surface area contributed by atoms with Gasteiger partial charge in [-0.2, -0.15) is 0 Å². The van der Waals surface area contributed by atoms with E-state index in [9.17, 15) is 4.39 Å². The minimum absolute atomic E-state index is 0.103. The number of benzene rings is 1. The summed E-state index contributed by atoms with van der Waals surface area (Å²) in [6.07, 6.45) is 3.48. The van der Waals surface area contributed by atoms with Crippen molar-refractivity contribution in [1.29, 1.82) is 0 Å². The standard InChI is InChI=1S/C13H16ClFN2O.C3H8/c14-10-5-8(1-2-11(10)15)18-9-3-4-17(7-9)13-6-12(13)16;1-3-2/h1-2,5,9,12-13H,3-4,6-7,16H2;3H2,1-2H3. The van der Waals surface area contributed by atoms with Gasteiger partial charge in [0.15, 0.2) is 0 Å². The maximum atomic E-state index is 13.0. The summed E-state index contributed by atoms with van der Waals surface area (Å²) in [5.74, 6) is 0.217. The van der Waals surface area contributed by atoms with E-state index in [-0.39, 0.29) is 11.1 Å². The highest BCUT2D eigenvalue weighted by Gasteiger charge is 2.42. The topological polar surface area (TPSA) is 38.5 Å². The molecule has 2 N–H and O–H groups in total. The lowest BCUT2D eigenvalue weighted by molar-refractivity contribution is 0.197. The van der Waals surface area contributed by atoms with Crippen LogP contribution in [-0.4, -0.2) is 36.2 Å². The van der Waals surface area contributed by atoms with Crippen molar-refractivity contribution in [3.8, 4) is 5.75 Å². The monoisotopic (exact) mass is 314 g/mol. The van der Waals surface area contributed by atoms with Gasteiger partial charge in [0.05, 0.1) is 5.02 Å². The first kappa shape index (κ1) is 16.5. The SMILES string of the molecule is CCC.NC1CC1N1CCC(Oc2ccc(F)c(Cl)c2)C1. The van der Waals surface area contributed by atoms with Gasteiger partial charge in [-0.05, 0) is 25.0 Å². The van der Waals surface area contributed by atoms with Gasteiger partial charge in [-0.25, -0.2) is 4.39 Å². The molecule has 1 aliphatic carbocycles. The van der Waals surface area contributed by atoms with E-state index in [0.29, 0.717) is 17.8 Å². The second-order valence-electron chi connectivity index (χ2n) is 5.77. The minimum atomic E-state index is -0.416. The van der Waals surface area contributed by atoms with E-state index >= 15 is 0 Å². The van der Waals surface area contributed by atoms with Crippen molar-refractivity contribution < 1.29 is 9.13 Å². The number of nitrogens with zero attached hydrogens (tertiary/aromatic N) is 1. The van der Waals surface area contributed by atoms with Crippen molar-refractivity contribution in [1.82, 2.24) is 4.90 Å². The predicted octanol–water partition coefficient (Wildman–Crippen LogP) is 3.45. The van der Waals surface area contributed by atoms with E-state index in [1.807, 2.05) is 0 Å². The molecule has 0 aromatic heterocycles. The van der Waals surface area contributed by atoms with Gasteiger partial charge in [0.1, 0.15) is 17.7 Å². The Bertz CT molecular complexity index is 472. The van der Waals surface area contributed by atoms with Gasteiger partial charge in [0, 0.05) is 31.2 Å². The summed E-state index contributed by atoms with van der Waals surface area (Å²) in [6, 6.07) is 5.36. The van der Waals surface area contributed by atoms with Crippen molar-refractivity contribution in [3.05, 3.63) is 29.0 Å². The summed E-state index contributed by atoms with van der Waals surface area (Å²) < 4.78 is 18.8. The van der Waals surface area contributed by atoms with Gasteiger partial charge >= 0.3 is 0 Å². The number of rotatable bonds is 3. The lowest BCUT2D eigenvalue weighted by atomic mass is 10.3. The van der Waals surface area contributed by atoms with Crippen LogP contribution in [0.2, 0.25) is 5.02 Å². The average Bonchev–Trinajstić information content (AvgIpc) is 2.99. The van der Waals surface area contributed by atoms with Gasteiger partial charge < -0.3 is 10.5 Å². The van der Waals surface area contributed by atoms with E-state index in [2.05, 4.69) is 18.7 Å². The Morgan fingerprint density at radius 3 is 2.67 bits per heavy atom. The Morgan fingerprint density at radius 2 is 2.10 bits per heavy atom. The molecule has 2 aliphatic rings. The largest absolute Gasteiger partial charge is 0.489 e. The van der Waals surface area contributed by atoms with Crippen molar-refractivity contribution in [2.75, 3.05) is 13.1 Å². The first-order valence-corrected chi connectivity index (χ1v) is 8.04. The van der Waals surface area contributed by atoms with Crippen LogP contribution in [0.25, 0.3) is 0 Å². The van der Waals surface area contributed by atoms with E-state index in [4.69, 9.17) is 22.1 Å². The zero-order valence-corrected chi connectivity index (χ0v) is 13.4. The molecule has 1 aliphatic heterocycles. The van der Waals surface area contributed by atoms with Crippen molar-refractivity contribution >= 4 is 11.6 Å². The van der Waals surface area contributed by atoms with Crippen LogP contribution in [0.5, 0.6) is 5.75 Å². The number of hydrogen-bond donors (Lipinski definition) is 1. The number of ether oxygens (including phenoxy) is 1. The highest BCUT2D eigenvalue weighted by molar-refractivity contribution is 6.30. The average molecular weight is 315 g/mol. The maximum absolute atomic E-state index is 13.0. The molecule has 1 saturated heterocycles. The molecule has 1 aromatic carbocycles. The maximum Gasteiger partial charge on any atom is 0.142 e. The molecule has 3 unspecified atom stereocenters. The van der Waals surface area contributed by atoms with Gasteiger partial charge in [-0.15, -0.1) is 0 Å². The Kier molecular flexibility index (Phi) is 5.85. The second kappa shape index (κ2) is 7.43. The Morgan fingerprint density at radius 1 is 1.43 bits per heavy atom. The van der Waals surface area contributed by atoms with Crippen LogP contribution < -0.4 is 10.5 Å². The molecule has 3 rings (SSSR count). The van der Waals surface area contributed by atoms with E-state index in [0.717, 1.165) is 25.9 Å². The zero-order valence-electron chi connectivity index (χ0n) is 12.7. The summed E-state index contributed by atoms with van der Waals surface area (Å²) in [5, 5.41) is 0.103. The predicted molar refractivity (Wildman–Crippen MR) is 84.4 cm³/mol. The molecule has 0 radical (unpaired) electrons. The number of likely N-dealkylation sites (tertiary alicyclic amines) is 1. The molecule has 5 heteroatoms. The fourth-order valence-electron chi connectivity index (χ4n) is 2.51. The van der Waals surface area contributed by atoms with E-state index in [1.54, 1.807) is 6.07 Å². The lowest BCUT2D eigenvalue weighted by Crippen LogP contribution is -2.30. The molecule has 1 heterocycles. The Labute approximate surface area is 131 Å². The van der Waals surface area contributed by atoms with Crippen molar-refractivity contribution in [2.45, 2.75) is 51.3 Å². The van der Waals surface area contributed by atoms with Crippen LogP contribution in [0.3, 0.4) is 0 Å². The normalized spacial score (nSPS) is 28.0. The molecule has 0 amide bonds. The van der Waals surface area contributed by atoms with Gasteiger partial charge in [0.2, 0.25) is 0 Å². The van der Waals surface area contributed by atoms with Crippen LogP contribution in [0.1, 0.15) is 33.1 Å². The molecule has 0 bridgehead atoms. The number of nitrogens with two attached hydrogens (primary N) is 1. The quantitative estimate of drug-likeness (QED) is 0.928. The van der Waals surface area contributed by atoms with Gasteiger partial charge in [0.25, 0.3) is 0 Å². The second-order valence-corrected chi connectivity index (χ2v) is 6.18. The van der Waals surface area contributed by atoms with Crippen LogP contribution in [-0.2, 0) is 0 Å². The number of halogens is 2. The van der Waals surface area contributed by atoms with Crippen LogP contribution in [0.4, 0.5) is 4.39 Å². The fourth-order valence-corrected chi connectivity index (χ4v) is 2.68. The summed E-state index contributed by atoms with van der Waals surface area (Å²) in [5.41, 5.74) is 5.84. The highest BCUT2D eigenvalue weighted by Crippen LogP contribution is 2.30. The molecule has 1 saturated carbocycles. The van der Waals surface area contributed by atoms with Crippen LogP contribution in [0.15, 0.2) is 18.2 Å². The summed E-state index contributed by atoms with van der Waals surface area (Å²) in [7, 11) is 0. The first-order valence-electron chi connectivity index (χ1n) is 7.66. The molecular formula is C16H24ClFN2O.